The van der Waals surface area contributed by atoms with Gasteiger partial charge in [0.1, 0.15) is 17.1 Å². The maximum Gasteiger partial charge on any atom is 0.265 e. The van der Waals surface area contributed by atoms with Crippen molar-refractivity contribution in [1.82, 2.24) is 4.98 Å². The fourth-order valence-corrected chi connectivity index (χ4v) is 2.45. The molecule has 0 saturated carbocycles. The first-order chi connectivity index (χ1) is 11.5. The van der Waals surface area contributed by atoms with Gasteiger partial charge in [0, 0.05) is 11.6 Å². The van der Waals surface area contributed by atoms with Gasteiger partial charge < -0.3 is 10.1 Å². The number of hydrogen-bond acceptors (Lipinski definition) is 3. The van der Waals surface area contributed by atoms with Gasteiger partial charge in [-0.1, -0.05) is 29.8 Å². The highest BCUT2D eigenvalue weighted by molar-refractivity contribution is 6.33. The predicted octanol–water partition coefficient (Wildman–Crippen LogP) is 4.43. The van der Waals surface area contributed by atoms with Crippen molar-refractivity contribution in [2.75, 3.05) is 5.32 Å². The Kier molecular flexibility index (Phi) is 4.62. The Bertz CT molecular complexity index is 896. The van der Waals surface area contributed by atoms with Crippen LogP contribution in [0.2, 0.25) is 5.02 Å². The number of aromatic nitrogens is 1. The van der Waals surface area contributed by atoms with Crippen LogP contribution in [-0.2, 0) is 4.79 Å². The van der Waals surface area contributed by atoms with E-state index < -0.39 is 17.8 Å². The number of para-hydroxylation sites is 1. The number of nitrogens with one attached hydrogen (secondary N) is 1. The van der Waals surface area contributed by atoms with Gasteiger partial charge in [-0.3, -0.25) is 9.78 Å². The van der Waals surface area contributed by atoms with Gasteiger partial charge in [0.05, 0.1) is 10.7 Å². The standard InChI is InChI=1S/C18H14ClFN2O2/c1-11(18(23)22-15-8-7-13(20)10-14(15)19)24-16-6-2-4-12-5-3-9-21-17(12)16/h2-11H,1H3,(H,22,23)/t11-/m1/s1. The molecule has 1 amide bonds. The second-order valence-corrected chi connectivity index (χ2v) is 5.61. The number of carbonyl (C=O) groups is 1. The van der Waals surface area contributed by atoms with Crippen LogP contribution in [0.4, 0.5) is 10.1 Å². The van der Waals surface area contributed by atoms with Crippen LogP contribution in [-0.4, -0.2) is 17.0 Å². The van der Waals surface area contributed by atoms with Crippen LogP contribution in [0.1, 0.15) is 6.92 Å². The summed E-state index contributed by atoms with van der Waals surface area (Å²) in [5, 5.41) is 3.67. The van der Waals surface area contributed by atoms with Crippen molar-refractivity contribution < 1.29 is 13.9 Å². The van der Waals surface area contributed by atoms with Crippen LogP contribution in [0.3, 0.4) is 0 Å². The highest BCUT2D eigenvalue weighted by atomic mass is 35.5. The average molecular weight is 345 g/mol. The fourth-order valence-electron chi connectivity index (χ4n) is 2.24. The van der Waals surface area contributed by atoms with E-state index in [0.717, 1.165) is 11.5 Å². The van der Waals surface area contributed by atoms with Crippen molar-refractivity contribution >= 4 is 34.1 Å². The molecular weight excluding hydrogens is 331 g/mol. The lowest BCUT2D eigenvalue weighted by molar-refractivity contribution is -0.122. The van der Waals surface area contributed by atoms with Crippen LogP contribution < -0.4 is 10.1 Å². The van der Waals surface area contributed by atoms with E-state index in [4.69, 9.17) is 16.3 Å². The Morgan fingerprint density at radius 2 is 2.04 bits per heavy atom. The molecule has 4 nitrogen and oxygen atoms in total. The summed E-state index contributed by atoms with van der Waals surface area (Å²) >= 11 is 5.91. The summed E-state index contributed by atoms with van der Waals surface area (Å²) < 4.78 is 18.8. The van der Waals surface area contributed by atoms with E-state index in [0.29, 0.717) is 17.0 Å². The first kappa shape index (κ1) is 16.2. The van der Waals surface area contributed by atoms with Crippen molar-refractivity contribution in [3.05, 3.63) is 65.6 Å². The van der Waals surface area contributed by atoms with Crippen LogP contribution in [0.15, 0.2) is 54.7 Å². The van der Waals surface area contributed by atoms with Crippen LogP contribution in [0, 0.1) is 5.82 Å². The van der Waals surface area contributed by atoms with Crippen molar-refractivity contribution in [3.8, 4) is 5.75 Å². The molecule has 0 bridgehead atoms. The molecule has 2 aromatic carbocycles. The molecule has 0 aliphatic rings. The van der Waals surface area contributed by atoms with E-state index in [2.05, 4.69) is 10.3 Å². The van der Waals surface area contributed by atoms with E-state index in [1.807, 2.05) is 24.3 Å². The quantitative estimate of drug-likeness (QED) is 0.761. The zero-order valence-corrected chi connectivity index (χ0v) is 13.5. The topological polar surface area (TPSA) is 51.2 Å². The molecule has 0 aliphatic carbocycles. The minimum atomic E-state index is -0.779. The lowest BCUT2D eigenvalue weighted by Crippen LogP contribution is -2.30. The Morgan fingerprint density at radius 3 is 2.83 bits per heavy atom. The van der Waals surface area contributed by atoms with Crippen LogP contribution in [0.25, 0.3) is 10.9 Å². The molecule has 1 heterocycles. The fraction of sp³-hybridized carbons (Fsp3) is 0.111. The molecule has 1 N–H and O–H groups in total. The number of amides is 1. The summed E-state index contributed by atoms with van der Waals surface area (Å²) in [4.78, 5) is 16.6. The predicted molar refractivity (Wildman–Crippen MR) is 91.9 cm³/mol. The second-order valence-electron chi connectivity index (χ2n) is 5.20. The number of nitrogens with zero attached hydrogens (tertiary/aromatic N) is 1. The third kappa shape index (κ3) is 3.46. The minimum Gasteiger partial charge on any atom is -0.479 e. The molecule has 0 unspecified atom stereocenters. The Morgan fingerprint density at radius 1 is 1.25 bits per heavy atom. The molecule has 0 fully saturated rings. The van der Waals surface area contributed by atoms with Crippen LogP contribution in [0.5, 0.6) is 5.75 Å². The number of benzene rings is 2. The maximum atomic E-state index is 13.1. The summed E-state index contributed by atoms with van der Waals surface area (Å²) in [7, 11) is 0. The maximum absolute atomic E-state index is 13.1. The molecule has 1 atom stereocenters. The van der Waals surface area contributed by atoms with Crippen molar-refractivity contribution in [2.45, 2.75) is 13.0 Å². The van der Waals surface area contributed by atoms with Gasteiger partial charge >= 0.3 is 0 Å². The number of anilines is 1. The number of hydrogen-bond donors (Lipinski definition) is 1. The summed E-state index contributed by atoms with van der Waals surface area (Å²) in [6, 6.07) is 13.0. The van der Waals surface area contributed by atoms with E-state index in [9.17, 15) is 9.18 Å². The second kappa shape index (κ2) is 6.84. The minimum absolute atomic E-state index is 0.127. The van der Waals surface area contributed by atoms with E-state index in [-0.39, 0.29) is 5.02 Å². The van der Waals surface area contributed by atoms with Crippen molar-refractivity contribution in [1.29, 1.82) is 0 Å². The molecule has 0 radical (unpaired) electrons. The van der Waals surface area contributed by atoms with E-state index in [1.54, 1.807) is 19.2 Å². The summed E-state index contributed by atoms with van der Waals surface area (Å²) in [5.74, 6) is -0.346. The van der Waals surface area contributed by atoms with Gasteiger partial charge in [0.2, 0.25) is 0 Å². The first-order valence-corrected chi connectivity index (χ1v) is 7.69. The molecule has 3 rings (SSSR count). The van der Waals surface area contributed by atoms with Gasteiger partial charge in [-0.05, 0) is 37.3 Å². The third-order valence-corrected chi connectivity index (χ3v) is 3.77. The highest BCUT2D eigenvalue weighted by Gasteiger charge is 2.17. The van der Waals surface area contributed by atoms with Gasteiger partial charge in [0.15, 0.2) is 6.10 Å². The van der Waals surface area contributed by atoms with Crippen molar-refractivity contribution in [3.63, 3.8) is 0 Å². The van der Waals surface area contributed by atoms with E-state index in [1.165, 1.54) is 12.1 Å². The number of carbonyl (C=O) groups excluding carboxylic acids is 1. The molecular formula is C18H14ClFN2O2. The first-order valence-electron chi connectivity index (χ1n) is 7.31. The zero-order chi connectivity index (χ0) is 17.1. The summed E-state index contributed by atoms with van der Waals surface area (Å²) in [6.07, 6.45) is 0.886. The molecule has 3 aromatic rings. The number of pyridine rings is 1. The monoisotopic (exact) mass is 344 g/mol. The largest absolute Gasteiger partial charge is 0.479 e. The molecule has 122 valence electrons. The molecule has 6 heteroatoms. The van der Waals surface area contributed by atoms with Gasteiger partial charge in [-0.15, -0.1) is 0 Å². The van der Waals surface area contributed by atoms with Gasteiger partial charge in [-0.2, -0.15) is 0 Å². The Hall–Kier alpha value is -2.66. The number of rotatable bonds is 4. The molecule has 0 saturated heterocycles. The van der Waals surface area contributed by atoms with Gasteiger partial charge in [-0.25, -0.2) is 4.39 Å². The Labute approximate surface area is 143 Å². The van der Waals surface area contributed by atoms with Gasteiger partial charge in [0.25, 0.3) is 5.91 Å². The SMILES string of the molecule is C[C@@H](Oc1cccc2cccnc12)C(=O)Nc1ccc(F)cc1Cl. The highest BCUT2D eigenvalue weighted by Crippen LogP contribution is 2.25. The van der Waals surface area contributed by atoms with Crippen LogP contribution >= 0.6 is 11.6 Å². The molecule has 24 heavy (non-hydrogen) atoms. The normalized spacial score (nSPS) is 12.0. The average Bonchev–Trinajstić information content (AvgIpc) is 2.57. The lowest BCUT2D eigenvalue weighted by Gasteiger charge is -2.16. The number of ether oxygens (including phenoxy) is 1. The molecule has 1 aromatic heterocycles. The summed E-state index contributed by atoms with van der Waals surface area (Å²) in [6.45, 7) is 1.62. The number of halogens is 2. The third-order valence-electron chi connectivity index (χ3n) is 3.46. The Balaban J connectivity index is 1.76. The smallest absolute Gasteiger partial charge is 0.265 e. The zero-order valence-electron chi connectivity index (χ0n) is 12.8. The molecule has 0 aliphatic heterocycles. The lowest BCUT2D eigenvalue weighted by atomic mass is 10.2. The number of fused-ring (bicyclic) bond motifs is 1. The summed E-state index contributed by atoms with van der Waals surface area (Å²) in [5.41, 5.74) is 1.01. The van der Waals surface area contributed by atoms with Crippen molar-refractivity contribution in [2.24, 2.45) is 0 Å². The van der Waals surface area contributed by atoms with E-state index >= 15 is 0 Å². The molecule has 0 spiro atoms.